The van der Waals surface area contributed by atoms with Crippen molar-refractivity contribution in [2.75, 3.05) is 7.11 Å². The Morgan fingerprint density at radius 1 is 1.30 bits per heavy atom. The largest absolute Gasteiger partial charge is 0.496 e. The number of benzene rings is 2. The van der Waals surface area contributed by atoms with E-state index in [-0.39, 0.29) is 11.7 Å². The van der Waals surface area contributed by atoms with E-state index in [0.29, 0.717) is 15.9 Å². The summed E-state index contributed by atoms with van der Waals surface area (Å²) >= 11 is 8.09. The van der Waals surface area contributed by atoms with Gasteiger partial charge in [-0.05, 0) is 61.6 Å². The van der Waals surface area contributed by atoms with Gasteiger partial charge in [0, 0.05) is 16.4 Å². The second kappa shape index (κ2) is 9.46. The second-order valence-electron chi connectivity index (χ2n) is 8.88. The monoisotopic (exact) mass is 482 g/mol. The molecule has 3 nitrogen and oxygen atoms in total. The van der Waals surface area contributed by atoms with Crippen molar-refractivity contribution in [3.05, 3.63) is 68.2 Å². The first-order valence-corrected chi connectivity index (χ1v) is 12.3. The summed E-state index contributed by atoms with van der Waals surface area (Å²) in [6.07, 6.45) is 10.5. The van der Waals surface area contributed by atoms with Crippen LogP contribution < -0.4 is 10.5 Å². The second-order valence-corrected chi connectivity index (χ2v) is 10.5. The van der Waals surface area contributed by atoms with Gasteiger partial charge >= 0.3 is 0 Å². The van der Waals surface area contributed by atoms with Crippen LogP contribution in [0.5, 0.6) is 5.75 Å². The van der Waals surface area contributed by atoms with E-state index in [0.717, 1.165) is 39.4 Å². The van der Waals surface area contributed by atoms with Gasteiger partial charge in [-0.15, -0.1) is 17.8 Å². The smallest absolute Gasteiger partial charge is 0.136 e. The van der Waals surface area contributed by atoms with Crippen molar-refractivity contribution in [3.63, 3.8) is 0 Å². The molecule has 1 unspecified atom stereocenters. The fourth-order valence-electron chi connectivity index (χ4n) is 4.54. The maximum Gasteiger partial charge on any atom is 0.136 e. The average molecular weight is 483 g/mol. The summed E-state index contributed by atoms with van der Waals surface area (Å²) in [4.78, 5) is 5.94. The Kier molecular flexibility index (Phi) is 6.81. The Balaban J connectivity index is 1.79. The van der Waals surface area contributed by atoms with Gasteiger partial charge in [0.15, 0.2) is 0 Å². The lowest BCUT2D eigenvalue weighted by Gasteiger charge is -2.37. The lowest BCUT2D eigenvalue weighted by molar-refractivity contribution is 0.248. The van der Waals surface area contributed by atoms with Crippen molar-refractivity contribution in [1.82, 2.24) is 4.98 Å². The van der Waals surface area contributed by atoms with E-state index in [1.165, 1.54) is 42.7 Å². The molecule has 0 radical (unpaired) electrons. The summed E-state index contributed by atoms with van der Waals surface area (Å²) in [6.45, 7) is 3.97. The van der Waals surface area contributed by atoms with Crippen LogP contribution in [-0.2, 0) is 5.54 Å². The van der Waals surface area contributed by atoms with Crippen molar-refractivity contribution in [2.45, 2.75) is 51.0 Å². The molecule has 2 atom stereocenters. The standard InChI is InChI=1S/C27H28ClFN2OS/c1-5-27(30,22(14-18-7-6-8-18)19-9-11-20(29)12-10-19)26-31-25(17(3)33-26)21-13-16(2)24(32-4)15-23(21)28/h1,9-13,15,18,22H,6-8,14,30H2,2-4H3/t22-,27?/m0/s1. The molecule has 1 saturated carbocycles. The van der Waals surface area contributed by atoms with Crippen molar-refractivity contribution < 1.29 is 9.13 Å². The molecule has 3 aromatic rings. The number of methoxy groups -OCH3 is 1. The van der Waals surface area contributed by atoms with Crippen LogP contribution in [0.4, 0.5) is 4.39 Å². The van der Waals surface area contributed by atoms with Gasteiger partial charge in [-0.3, -0.25) is 0 Å². The number of hydrogen-bond acceptors (Lipinski definition) is 4. The third-order valence-corrected chi connectivity index (χ3v) is 8.18. The van der Waals surface area contributed by atoms with Crippen molar-refractivity contribution in [2.24, 2.45) is 11.7 Å². The van der Waals surface area contributed by atoms with Gasteiger partial charge in [0.25, 0.3) is 0 Å². The lowest BCUT2D eigenvalue weighted by atomic mass is 9.70. The van der Waals surface area contributed by atoms with Gasteiger partial charge in [-0.25, -0.2) is 9.37 Å². The van der Waals surface area contributed by atoms with E-state index < -0.39 is 5.54 Å². The lowest BCUT2D eigenvalue weighted by Crippen LogP contribution is -2.42. The minimum absolute atomic E-state index is 0.167. The molecule has 1 heterocycles. The number of hydrogen-bond donors (Lipinski definition) is 1. The number of terminal acetylenes is 1. The summed E-state index contributed by atoms with van der Waals surface area (Å²) in [5.41, 5.74) is 9.39. The Morgan fingerprint density at radius 3 is 2.58 bits per heavy atom. The summed E-state index contributed by atoms with van der Waals surface area (Å²) in [6, 6.07) is 10.3. The molecular weight excluding hydrogens is 455 g/mol. The third kappa shape index (κ3) is 4.53. The Morgan fingerprint density at radius 2 is 2.00 bits per heavy atom. The molecule has 0 saturated heterocycles. The zero-order chi connectivity index (χ0) is 23.8. The number of thiazole rings is 1. The quantitative estimate of drug-likeness (QED) is 0.369. The highest BCUT2D eigenvalue weighted by Gasteiger charge is 2.41. The Hall–Kier alpha value is -2.39. The van der Waals surface area contributed by atoms with Crippen molar-refractivity contribution in [1.29, 1.82) is 0 Å². The van der Waals surface area contributed by atoms with Gasteiger partial charge in [-0.2, -0.15) is 0 Å². The number of nitrogens with zero attached hydrogens (tertiary/aromatic N) is 1. The summed E-state index contributed by atoms with van der Waals surface area (Å²) < 4.78 is 19.0. The molecule has 4 rings (SSSR count). The first kappa shape index (κ1) is 23.8. The van der Waals surface area contributed by atoms with Crippen LogP contribution in [0.1, 0.15) is 52.6 Å². The fourth-order valence-corrected chi connectivity index (χ4v) is 5.83. The van der Waals surface area contributed by atoms with Gasteiger partial charge in [0.2, 0.25) is 0 Å². The van der Waals surface area contributed by atoms with Gasteiger partial charge in [-0.1, -0.05) is 48.9 Å². The van der Waals surface area contributed by atoms with E-state index in [1.807, 2.05) is 19.9 Å². The summed E-state index contributed by atoms with van der Waals surface area (Å²) in [5, 5.41) is 1.24. The SMILES string of the molecule is C#CC(N)(c1nc(-c2cc(C)c(OC)cc2Cl)c(C)s1)[C@@H](CC1CCC1)c1ccc(F)cc1. The van der Waals surface area contributed by atoms with Crippen LogP contribution in [0, 0.1) is 37.9 Å². The van der Waals surface area contributed by atoms with Crippen LogP contribution >= 0.6 is 22.9 Å². The highest BCUT2D eigenvalue weighted by molar-refractivity contribution is 7.12. The first-order valence-electron chi connectivity index (χ1n) is 11.1. The zero-order valence-corrected chi connectivity index (χ0v) is 20.7. The highest BCUT2D eigenvalue weighted by Crippen LogP contribution is 2.46. The first-order chi connectivity index (χ1) is 15.8. The van der Waals surface area contributed by atoms with Gasteiger partial charge < -0.3 is 10.5 Å². The van der Waals surface area contributed by atoms with E-state index in [1.54, 1.807) is 25.3 Å². The molecule has 0 aliphatic heterocycles. The van der Waals surface area contributed by atoms with E-state index in [2.05, 4.69) is 5.92 Å². The number of nitrogens with two attached hydrogens (primary N) is 1. The molecule has 1 fully saturated rings. The van der Waals surface area contributed by atoms with Crippen molar-refractivity contribution >= 4 is 22.9 Å². The summed E-state index contributed by atoms with van der Waals surface area (Å²) in [7, 11) is 1.62. The molecule has 1 aromatic heterocycles. The third-order valence-electron chi connectivity index (χ3n) is 6.74. The zero-order valence-electron chi connectivity index (χ0n) is 19.1. The predicted octanol–water partition coefficient (Wildman–Crippen LogP) is 6.99. The Bertz CT molecular complexity index is 1200. The molecule has 1 aliphatic carbocycles. The van der Waals surface area contributed by atoms with E-state index in [4.69, 9.17) is 33.5 Å². The van der Waals surface area contributed by atoms with Crippen LogP contribution in [0.15, 0.2) is 36.4 Å². The van der Waals surface area contributed by atoms with Crippen LogP contribution in [-0.4, -0.2) is 12.1 Å². The highest BCUT2D eigenvalue weighted by atomic mass is 35.5. The minimum atomic E-state index is -1.12. The maximum absolute atomic E-state index is 13.7. The number of ether oxygens (including phenoxy) is 1. The molecule has 2 N–H and O–H groups in total. The number of halogens is 2. The molecule has 172 valence electrons. The van der Waals surface area contributed by atoms with E-state index >= 15 is 0 Å². The minimum Gasteiger partial charge on any atom is -0.496 e. The molecule has 0 spiro atoms. The number of aryl methyl sites for hydroxylation is 2. The molecule has 0 amide bonds. The van der Waals surface area contributed by atoms with E-state index in [9.17, 15) is 4.39 Å². The summed E-state index contributed by atoms with van der Waals surface area (Å²) in [5.74, 6) is 3.73. The average Bonchev–Trinajstić information content (AvgIpc) is 3.16. The van der Waals surface area contributed by atoms with Crippen molar-refractivity contribution in [3.8, 4) is 29.4 Å². The molecule has 0 bridgehead atoms. The topological polar surface area (TPSA) is 48.1 Å². The molecule has 33 heavy (non-hydrogen) atoms. The molecular formula is C27H28ClFN2OS. The fraction of sp³-hybridized carbons (Fsp3) is 0.370. The molecule has 1 aliphatic rings. The van der Waals surface area contributed by atoms with Crippen LogP contribution in [0.3, 0.4) is 0 Å². The van der Waals surface area contributed by atoms with Gasteiger partial charge in [0.05, 0.1) is 17.8 Å². The maximum atomic E-state index is 13.7. The van der Waals surface area contributed by atoms with Crippen LogP contribution in [0.2, 0.25) is 5.02 Å². The normalized spacial score (nSPS) is 16.5. The van der Waals surface area contributed by atoms with Gasteiger partial charge in [0.1, 0.15) is 22.1 Å². The molecule has 2 aromatic carbocycles. The molecule has 6 heteroatoms. The number of rotatable bonds is 7. The number of aromatic nitrogens is 1. The Labute approximate surface area is 204 Å². The van der Waals surface area contributed by atoms with Crippen LogP contribution in [0.25, 0.3) is 11.3 Å². The predicted molar refractivity (Wildman–Crippen MR) is 134 cm³/mol.